The third-order valence-corrected chi connectivity index (χ3v) is 3.22. The summed E-state index contributed by atoms with van der Waals surface area (Å²) in [5, 5.41) is 0.598. The number of hydrogen-bond acceptors (Lipinski definition) is 3. The maximum absolute atomic E-state index is 6.18. The quantitative estimate of drug-likeness (QED) is 0.711. The molecule has 16 heavy (non-hydrogen) atoms. The van der Waals surface area contributed by atoms with Gasteiger partial charge in [-0.25, -0.2) is 9.97 Å². The van der Waals surface area contributed by atoms with E-state index < -0.39 is 0 Å². The smallest absolute Gasteiger partial charge is 0.164 e. The van der Waals surface area contributed by atoms with Crippen LogP contribution in [0.1, 0.15) is 24.1 Å². The Hall–Kier alpha value is -1.35. The number of halogens is 1. The fourth-order valence-electron chi connectivity index (χ4n) is 2.07. The van der Waals surface area contributed by atoms with Crippen LogP contribution in [0.3, 0.4) is 0 Å². The lowest BCUT2D eigenvalue weighted by molar-refractivity contribution is 0.568. The molecule has 1 aliphatic carbocycles. The maximum atomic E-state index is 6.18. The van der Waals surface area contributed by atoms with Crippen LogP contribution in [0.25, 0.3) is 11.4 Å². The molecular formula is C12H11ClN2O. The Kier molecular flexibility index (Phi) is 2.40. The number of aryl methyl sites for hydroxylation is 1. The van der Waals surface area contributed by atoms with Gasteiger partial charge in [-0.05, 0) is 31.7 Å². The minimum absolute atomic E-state index is 0.598. The molecule has 0 saturated heterocycles. The van der Waals surface area contributed by atoms with E-state index in [0.717, 1.165) is 29.7 Å². The molecule has 1 aliphatic rings. The summed E-state index contributed by atoms with van der Waals surface area (Å²) < 4.78 is 5.03. The van der Waals surface area contributed by atoms with E-state index in [9.17, 15) is 0 Å². The monoisotopic (exact) mass is 234 g/mol. The molecule has 0 bridgehead atoms. The van der Waals surface area contributed by atoms with Crippen molar-refractivity contribution in [3.8, 4) is 11.4 Å². The lowest BCUT2D eigenvalue weighted by Gasteiger charge is -2.15. The molecule has 3 rings (SSSR count). The summed E-state index contributed by atoms with van der Waals surface area (Å²) in [4.78, 5) is 8.88. The minimum Gasteiger partial charge on any atom is -0.472 e. The van der Waals surface area contributed by atoms with Crippen molar-refractivity contribution in [1.82, 2.24) is 9.97 Å². The van der Waals surface area contributed by atoms with Crippen LogP contribution >= 0.6 is 11.6 Å². The molecule has 0 aromatic carbocycles. The average molecular weight is 235 g/mol. The number of fused-ring (bicyclic) bond motifs is 1. The molecule has 0 spiro atoms. The zero-order chi connectivity index (χ0) is 11.0. The highest BCUT2D eigenvalue weighted by molar-refractivity contribution is 6.30. The summed E-state index contributed by atoms with van der Waals surface area (Å²) in [5.41, 5.74) is 3.11. The van der Waals surface area contributed by atoms with Crippen LogP contribution in [0.5, 0.6) is 0 Å². The van der Waals surface area contributed by atoms with Crippen molar-refractivity contribution in [2.24, 2.45) is 0 Å². The number of rotatable bonds is 1. The number of aromatic nitrogens is 2. The molecule has 0 N–H and O–H groups in total. The molecule has 0 aliphatic heterocycles. The molecule has 4 heteroatoms. The normalized spacial score (nSPS) is 14.8. The molecule has 0 saturated carbocycles. The third kappa shape index (κ3) is 1.61. The zero-order valence-electron chi connectivity index (χ0n) is 8.74. The summed E-state index contributed by atoms with van der Waals surface area (Å²) in [6, 6.07) is 1.85. The van der Waals surface area contributed by atoms with Crippen molar-refractivity contribution in [2.75, 3.05) is 0 Å². The second-order valence-electron chi connectivity index (χ2n) is 3.98. The van der Waals surface area contributed by atoms with E-state index in [4.69, 9.17) is 16.0 Å². The lowest BCUT2D eigenvalue weighted by atomic mass is 9.97. The van der Waals surface area contributed by atoms with Crippen molar-refractivity contribution < 1.29 is 4.42 Å². The van der Waals surface area contributed by atoms with Gasteiger partial charge in [0.25, 0.3) is 0 Å². The zero-order valence-corrected chi connectivity index (χ0v) is 9.50. The maximum Gasteiger partial charge on any atom is 0.164 e. The van der Waals surface area contributed by atoms with Gasteiger partial charge >= 0.3 is 0 Å². The summed E-state index contributed by atoms with van der Waals surface area (Å²) in [7, 11) is 0. The molecule has 2 aromatic heterocycles. The lowest BCUT2D eigenvalue weighted by Crippen LogP contribution is -2.08. The van der Waals surface area contributed by atoms with E-state index in [1.165, 1.54) is 12.8 Å². The van der Waals surface area contributed by atoms with Gasteiger partial charge in [-0.15, -0.1) is 0 Å². The largest absolute Gasteiger partial charge is 0.472 e. The van der Waals surface area contributed by atoms with Gasteiger partial charge in [-0.2, -0.15) is 0 Å². The summed E-state index contributed by atoms with van der Waals surface area (Å²) in [5.74, 6) is 0.666. The van der Waals surface area contributed by atoms with E-state index in [1.807, 2.05) is 6.07 Å². The van der Waals surface area contributed by atoms with Gasteiger partial charge < -0.3 is 4.42 Å². The summed E-state index contributed by atoms with van der Waals surface area (Å²) in [6.45, 7) is 0. The molecule has 3 nitrogen and oxygen atoms in total. The molecule has 0 unspecified atom stereocenters. The standard InChI is InChI=1S/C12H11ClN2O/c13-11-9-3-1-2-4-10(9)14-12(15-11)8-5-6-16-7-8/h5-7H,1-4H2. The van der Waals surface area contributed by atoms with Crippen molar-refractivity contribution in [2.45, 2.75) is 25.7 Å². The predicted octanol–water partition coefficient (Wildman–Crippen LogP) is 3.27. The van der Waals surface area contributed by atoms with Gasteiger partial charge in [0.2, 0.25) is 0 Å². The summed E-state index contributed by atoms with van der Waals surface area (Å²) in [6.07, 6.45) is 7.63. The molecule has 0 amide bonds. The first-order valence-electron chi connectivity index (χ1n) is 5.42. The number of nitrogens with zero attached hydrogens (tertiary/aromatic N) is 2. The Morgan fingerprint density at radius 3 is 2.88 bits per heavy atom. The van der Waals surface area contributed by atoms with E-state index in [2.05, 4.69) is 9.97 Å². The SMILES string of the molecule is Clc1nc(-c2ccoc2)nc2c1CCCC2. The van der Waals surface area contributed by atoms with Crippen molar-refractivity contribution in [3.05, 3.63) is 35.0 Å². The Balaban J connectivity index is 2.12. The van der Waals surface area contributed by atoms with Gasteiger partial charge in [0.15, 0.2) is 5.82 Å². The van der Waals surface area contributed by atoms with E-state index >= 15 is 0 Å². The molecular weight excluding hydrogens is 224 g/mol. The minimum atomic E-state index is 0.598. The second-order valence-corrected chi connectivity index (χ2v) is 4.34. The fourth-order valence-corrected chi connectivity index (χ4v) is 2.35. The van der Waals surface area contributed by atoms with Crippen molar-refractivity contribution >= 4 is 11.6 Å². The third-order valence-electron chi connectivity index (χ3n) is 2.91. The van der Waals surface area contributed by atoms with Crippen LogP contribution in [-0.2, 0) is 12.8 Å². The van der Waals surface area contributed by atoms with Gasteiger partial charge in [0.1, 0.15) is 11.4 Å². The van der Waals surface area contributed by atoms with Crippen LogP contribution in [0, 0.1) is 0 Å². The molecule has 0 atom stereocenters. The van der Waals surface area contributed by atoms with Crippen molar-refractivity contribution in [3.63, 3.8) is 0 Å². The van der Waals surface area contributed by atoms with Gasteiger partial charge in [-0.1, -0.05) is 11.6 Å². The molecule has 82 valence electrons. The van der Waals surface area contributed by atoms with Crippen LogP contribution in [0.2, 0.25) is 5.15 Å². The topological polar surface area (TPSA) is 38.9 Å². The Labute approximate surface area is 98.5 Å². The Morgan fingerprint density at radius 2 is 2.06 bits per heavy atom. The summed E-state index contributed by atoms with van der Waals surface area (Å²) >= 11 is 6.18. The number of hydrogen-bond donors (Lipinski definition) is 0. The van der Waals surface area contributed by atoms with Crippen LogP contribution < -0.4 is 0 Å². The highest BCUT2D eigenvalue weighted by Gasteiger charge is 2.17. The van der Waals surface area contributed by atoms with Gasteiger partial charge in [-0.3, -0.25) is 0 Å². The highest BCUT2D eigenvalue weighted by Crippen LogP contribution is 2.28. The van der Waals surface area contributed by atoms with E-state index in [-0.39, 0.29) is 0 Å². The predicted molar refractivity (Wildman–Crippen MR) is 61.4 cm³/mol. The van der Waals surface area contributed by atoms with Crippen molar-refractivity contribution in [1.29, 1.82) is 0 Å². The molecule has 2 heterocycles. The second kappa shape index (κ2) is 3.91. The first kappa shape index (κ1) is 9.85. The first-order valence-corrected chi connectivity index (χ1v) is 5.80. The highest BCUT2D eigenvalue weighted by atomic mass is 35.5. The Bertz CT molecular complexity index is 508. The fraction of sp³-hybridized carbons (Fsp3) is 0.333. The van der Waals surface area contributed by atoms with E-state index in [0.29, 0.717) is 11.0 Å². The number of furan rings is 1. The average Bonchev–Trinajstić information content (AvgIpc) is 2.82. The van der Waals surface area contributed by atoms with Crippen LogP contribution in [-0.4, -0.2) is 9.97 Å². The Morgan fingerprint density at radius 1 is 1.19 bits per heavy atom. The van der Waals surface area contributed by atoms with Gasteiger partial charge in [0, 0.05) is 11.3 Å². The molecule has 0 fully saturated rings. The van der Waals surface area contributed by atoms with E-state index in [1.54, 1.807) is 12.5 Å². The molecule has 2 aromatic rings. The van der Waals surface area contributed by atoms with Gasteiger partial charge in [0.05, 0.1) is 11.8 Å². The van der Waals surface area contributed by atoms with Crippen LogP contribution in [0.15, 0.2) is 23.0 Å². The first-order chi connectivity index (χ1) is 7.84. The molecule has 0 radical (unpaired) electrons. The van der Waals surface area contributed by atoms with Crippen LogP contribution in [0.4, 0.5) is 0 Å².